The second kappa shape index (κ2) is 2.88. The van der Waals surface area contributed by atoms with Crippen LogP contribution in [-0.2, 0) is 12.0 Å². The molecule has 1 heteroatoms. The number of benzene rings is 1. The van der Waals surface area contributed by atoms with Crippen LogP contribution in [0.2, 0.25) is 0 Å². The zero-order chi connectivity index (χ0) is 10.3. The molecule has 1 N–H and O–H groups in total. The molecule has 0 saturated carbocycles. The van der Waals surface area contributed by atoms with Crippen LogP contribution < -0.4 is 5.32 Å². The Morgan fingerprint density at radius 3 is 2.64 bits per heavy atom. The monoisotopic (exact) mass is 187 g/mol. The van der Waals surface area contributed by atoms with Gasteiger partial charge in [-0.05, 0) is 16.5 Å². The van der Waals surface area contributed by atoms with Gasteiger partial charge >= 0.3 is 0 Å². The van der Waals surface area contributed by atoms with E-state index in [-0.39, 0.29) is 5.41 Å². The summed E-state index contributed by atoms with van der Waals surface area (Å²) in [5.41, 5.74) is 5.34. The fourth-order valence-electron chi connectivity index (χ4n) is 1.80. The second-order valence-corrected chi connectivity index (χ2v) is 4.95. The summed E-state index contributed by atoms with van der Waals surface area (Å²) in [6.07, 6.45) is 0. The molecular formula is C13H17N. The summed E-state index contributed by atoms with van der Waals surface area (Å²) in [6, 6.07) is 6.68. The van der Waals surface area contributed by atoms with Gasteiger partial charge in [0.2, 0.25) is 0 Å². The minimum absolute atomic E-state index is 0.235. The first-order valence-corrected chi connectivity index (χ1v) is 5.05. The molecule has 1 aliphatic rings. The van der Waals surface area contributed by atoms with E-state index < -0.39 is 0 Å². The predicted molar refractivity (Wildman–Crippen MR) is 61.0 cm³/mol. The third-order valence-corrected chi connectivity index (χ3v) is 2.79. The predicted octanol–water partition coefficient (Wildman–Crippen LogP) is 3.06. The molecule has 1 aromatic carbocycles. The molecule has 0 saturated heterocycles. The maximum absolute atomic E-state index is 3.98. The van der Waals surface area contributed by atoms with Crippen LogP contribution in [0.4, 0.5) is 0 Å². The van der Waals surface area contributed by atoms with Gasteiger partial charge in [0.1, 0.15) is 0 Å². The molecule has 1 nitrogen and oxygen atoms in total. The molecule has 0 unspecified atom stereocenters. The van der Waals surface area contributed by atoms with Crippen LogP contribution in [0.3, 0.4) is 0 Å². The maximum Gasteiger partial charge on any atom is 0.0407 e. The summed E-state index contributed by atoms with van der Waals surface area (Å²) in [5.74, 6) is 0. The lowest BCUT2D eigenvalue weighted by molar-refractivity contribution is 0.589. The lowest BCUT2D eigenvalue weighted by Crippen LogP contribution is -2.11. The lowest BCUT2D eigenvalue weighted by atomic mass is 9.85. The topological polar surface area (TPSA) is 12.0 Å². The van der Waals surface area contributed by atoms with Crippen LogP contribution in [0.25, 0.3) is 5.70 Å². The van der Waals surface area contributed by atoms with Crippen LogP contribution in [0.15, 0.2) is 24.8 Å². The van der Waals surface area contributed by atoms with Crippen molar-refractivity contribution < 1.29 is 0 Å². The summed E-state index contributed by atoms with van der Waals surface area (Å²) in [7, 11) is 0. The molecule has 0 aliphatic carbocycles. The number of nitrogens with one attached hydrogen (secondary N) is 1. The quantitative estimate of drug-likeness (QED) is 0.658. The van der Waals surface area contributed by atoms with Crippen LogP contribution in [0, 0.1) is 0 Å². The number of rotatable bonds is 0. The third-order valence-electron chi connectivity index (χ3n) is 2.79. The molecule has 1 aromatic rings. The third kappa shape index (κ3) is 1.43. The highest BCUT2D eigenvalue weighted by Gasteiger charge is 2.18. The van der Waals surface area contributed by atoms with Crippen LogP contribution in [0.1, 0.15) is 37.5 Å². The van der Waals surface area contributed by atoms with Crippen molar-refractivity contribution in [3.8, 4) is 0 Å². The van der Waals surface area contributed by atoms with Gasteiger partial charge in [-0.2, -0.15) is 0 Å². The molecule has 0 radical (unpaired) electrons. The van der Waals surface area contributed by atoms with Gasteiger partial charge in [0.15, 0.2) is 0 Å². The van der Waals surface area contributed by atoms with Gasteiger partial charge in [0.05, 0.1) is 0 Å². The molecule has 74 valence electrons. The van der Waals surface area contributed by atoms with Crippen molar-refractivity contribution in [2.75, 3.05) is 0 Å². The van der Waals surface area contributed by atoms with Gasteiger partial charge in [-0.15, -0.1) is 0 Å². The van der Waals surface area contributed by atoms with E-state index in [0.29, 0.717) is 0 Å². The molecule has 1 aliphatic heterocycles. The standard InChI is InChI=1S/C13H17N/c1-9-12-6-5-11(13(2,3)4)7-10(12)8-14-9/h5-7,14H,1,8H2,2-4H3. The first-order chi connectivity index (χ1) is 6.48. The van der Waals surface area contributed by atoms with Gasteiger partial charge in [-0.1, -0.05) is 45.5 Å². The van der Waals surface area contributed by atoms with E-state index in [1.165, 1.54) is 16.7 Å². The van der Waals surface area contributed by atoms with Crippen molar-refractivity contribution >= 4 is 5.70 Å². The number of hydrogen-bond acceptors (Lipinski definition) is 1. The highest BCUT2D eigenvalue weighted by atomic mass is 14.9. The Bertz CT molecular complexity index is 383. The fourth-order valence-corrected chi connectivity index (χ4v) is 1.80. The Morgan fingerprint density at radius 2 is 2.00 bits per heavy atom. The van der Waals surface area contributed by atoms with Gasteiger partial charge in [-0.3, -0.25) is 0 Å². The molecule has 0 spiro atoms. The first kappa shape index (κ1) is 9.32. The van der Waals surface area contributed by atoms with Crippen molar-refractivity contribution in [2.45, 2.75) is 32.7 Å². The van der Waals surface area contributed by atoms with E-state index in [1.54, 1.807) is 0 Å². The first-order valence-electron chi connectivity index (χ1n) is 5.05. The van der Waals surface area contributed by atoms with Gasteiger partial charge < -0.3 is 5.32 Å². The molecule has 0 amide bonds. The minimum Gasteiger partial charge on any atom is -0.381 e. The Hall–Kier alpha value is -1.24. The zero-order valence-electron chi connectivity index (χ0n) is 9.15. The van der Waals surface area contributed by atoms with Crippen molar-refractivity contribution in [1.82, 2.24) is 5.32 Å². The Balaban J connectivity index is 2.47. The SMILES string of the molecule is C=C1NCc2cc(C(C)(C)C)ccc21. The summed E-state index contributed by atoms with van der Waals surface area (Å²) in [4.78, 5) is 0. The average Bonchev–Trinajstić information content (AvgIpc) is 2.46. The van der Waals surface area contributed by atoms with E-state index in [2.05, 4.69) is 50.9 Å². The van der Waals surface area contributed by atoms with Gasteiger partial charge in [0.25, 0.3) is 0 Å². The van der Waals surface area contributed by atoms with Crippen molar-refractivity contribution in [1.29, 1.82) is 0 Å². The highest BCUT2D eigenvalue weighted by Crippen LogP contribution is 2.29. The summed E-state index contributed by atoms with van der Waals surface area (Å²) in [5, 5.41) is 3.27. The Kier molecular flexibility index (Phi) is 1.91. The van der Waals surface area contributed by atoms with E-state index in [1.807, 2.05) is 0 Å². The molecule has 0 atom stereocenters. The Morgan fingerprint density at radius 1 is 1.29 bits per heavy atom. The van der Waals surface area contributed by atoms with E-state index in [9.17, 15) is 0 Å². The molecule has 0 fully saturated rings. The van der Waals surface area contributed by atoms with Crippen molar-refractivity contribution in [3.05, 3.63) is 41.5 Å². The minimum atomic E-state index is 0.235. The van der Waals surface area contributed by atoms with E-state index in [4.69, 9.17) is 0 Å². The molecular weight excluding hydrogens is 170 g/mol. The highest BCUT2D eigenvalue weighted by molar-refractivity contribution is 5.69. The second-order valence-electron chi connectivity index (χ2n) is 4.95. The van der Waals surface area contributed by atoms with Gasteiger partial charge in [0, 0.05) is 17.8 Å². The zero-order valence-corrected chi connectivity index (χ0v) is 9.15. The molecule has 1 heterocycles. The summed E-state index contributed by atoms with van der Waals surface area (Å²) in [6.45, 7) is 11.6. The normalized spacial score (nSPS) is 15.2. The van der Waals surface area contributed by atoms with E-state index in [0.717, 1.165) is 12.2 Å². The van der Waals surface area contributed by atoms with Crippen molar-refractivity contribution in [3.63, 3.8) is 0 Å². The molecule has 2 rings (SSSR count). The summed E-state index contributed by atoms with van der Waals surface area (Å²) < 4.78 is 0. The summed E-state index contributed by atoms with van der Waals surface area (Å²) >= 11 is 0. The Labute approximate surface area is 85.8 Å². The number of hydrogen-bond donors (Lipinski definition) is 1. The average molecular weight is 187 g/mol. The number of fused-ring (bicyclic) bond motifs is 1. The van der Waals surface area contributed by atoms with E-state index >= 15 is 0 Å². The van der Waals surface area contributed by atoms with Gasteiger partial charge in [-0.25, -0.2) is 0 Å². The molecule has 0 bridgehead atoms. The fraction of sp³-hybridized carbons (Fsp3) is 0.385. The molecule has 0 aromatic heterocycles. The maximum atomic E-state index is 3.98. The van der Waals surface area contributed by atoms with Crippen molar-refractivity contribution in [2.24, 2.45) is 0 Å². The van der Waals surface area contributed by atoms with Crippen LogP contribution in [-0.4, -0.2) is 0 Å². The van der Waals surface area contributed by atoms with Crippen LogP contribution in [0.5, 0.6) is 0 Å². The van der Waals surface area contributed by atoms with Crippen LogP contribution >= 0.6 is 0 Å². The lowest BCUT2D eigenvalue weighted by Gasteiger charge is -2.19. The largest absolute Gasteiger partial charge is 0.381 e. The molecule has 14 heavy (non-hydrogen) atoms. The smallest absolute Gasteiger partial charge is 0.0407 e.